The topological polar surface area (TPSA) is 88.5 Å². The number of aromatic nitrogens is 5. The number of imidazole rings is 1. The summed E-state index contributed by atoms with van der Waals surface area (Å²) in [5.74, 6) is -0.187. The van der Waals surface area contributed by atoms with Crippen LogP contribution in [-0.2, 0) is 13.5 Å². The summed E-state index contributed by atoms with van der Waals surface area (Å²) in [5.41, 5.74) is 4.92. The Morgan fingerprint density at radius 2 is 2.15 bits per heavy atom. The molecule has 0 aromatic carbocycles. The first kappa shape index (κ1) is 17.0. The predicted octanol–water partition coefficient (Wildman–Crippen LogP) is 2.64. The maximum Gasteiger partial charge on any atom is 0.270 e. The van der Waals surface area contributed by atoms with Crippen LogP contribution in [0.5, 0.6) is 0 Å². The van der Waals surface area contributed by atoms with Gasteiger partial charge in [-0.1, -0.05) is 0 Å². The minimum absolute atomic E-state index is 0.187. The van der Waals surface area contributed by atoms with Crippen molar-refractivity contribution >= 4 is 16.8 Å². The van der Waals surface area contributed by atoms with E-state index >= 15 is 0 Å². The molecule has 0 aliphatic carbocycles. The first-order valence-electron chi connectivity index (χ1n) is 8.76. The van der Waals surface area contributed by atoms with Gasteiger partial charge in [-0.05, 0) is 31.2 Å². The van der Waals surface area contributed by atoms with Gasteiger partial charge in [-0.2, -0.15) is 0 Å². The number of hydrogen-bond acceptors (Lipinski definition) is 4. The van der Waals surface area contributed by atoms with E-state index in [1.54, 1.807) is 18.7 Å². The van der Waals surface area contributed by atoms with Crippen LogP contribution in [0, 0.1) is 6.92 Å². The molecule has 0 saturated heterocycles. The molecule has 0 atom stereocenters. The highest BCUT2D eigenvalue weighted by atomic mass is 16.1. The standard InChI is InChI=1S/C20H20N6O/c1-13-3-4-14(10-23-13)17-9-18-16(6-8-26(18)2)19(25-17)20(27)22-7-5-15-11-21-12-24-15/h3-4,6,8-12H,5,7H2,1-2H3,(H,21,24)(H,22,27). The van der Waals surface area contributed by atoms with Gasteiger partial charge in [-0.25, -0.2) is 9.97 Å². The maximum atomic E-state index is 12.8. The molecule has 4 aromatic rings. The molecule has 27 heavy (non-hydrogen) atoms. The van der Waals surface area contributed by atoms with Crippen LogP contribution in [0.4, 0.5) is 0 Å². The van der Waals surface area contributed by atoms with Crippen molar-refractivity contribution in [3.8, 4) is 11.3 Å². The second-order valence-corrected chi connectivity index (χ2v) is 6.49. The Labute approximate surface area is 156 Å². The third kappa shape index (κ3) is 3.44. The Kier molecular flexibility index (Phi) is 4.42. The number of pyridine rings is 2. The van der Waals surface area contributed by atoms with E-state index < -0.39 is 0 Å². The Morgan fingerprint density at radius 3 is 2.89 bits per heavy atom. The van der Waals surface area contributed by atoms with Crippen molar-refractivity contribution in [2.45, 2.75) is 13.3 Å². The van der Waals surface area contributed by atoms with Crippen LogP contribution in [0.15, 0.2) is 49.2 Å². The molecule has 0 fully saturated rings. The Balaban J connectivity index is 1.66. The summed E-state index contributed by atoms with van der Waals surface area (Å²) in [5, 5.41) is 3.79. The van der Waals surface area contributed by atoms with Crippen molar-refractivity contribution in [3.63, 3.8) is 0 Å². The van der Waals surface area contributed by atoms with Gasteiger partial charge in [0.2, 0.25) is 0 Å². The summed E-state index contributed by atoms with van der Waals surface area (Å²) in [6.07, 6.45) is 7.79. The largest absolute Gasteiger partial charge is 0.350 e. The average molecular weight is 360 g/mol. The molecule has 2 N–H and O–H groups in total. The summed E-state index contributed by atoms with van der Waals surface area (Å²) in [6, 6.07) is 7.82. The van der Waals surface area contributed by atoms with Crippen LogP contribution in [0.2, 0.25) is 0 Å². The highest BCUT2D eigenvalue weighted by Crippen LogP contribution is 2.25. The van der Waals surface area contributed by atoms with Crippen LogP contribution in [0.25, 0.3) is 22.2 Å². The van der Waals surface area contributed by atoms with Gasteiger partial charge in [0.1, 0.15) is 5.69 Å². The van der Waals surface area contributed by atoms with Gasteiger partial charge < -0.3 is 14.9 Å². The van der Waals surface area contributed by atoms with Gasteiger partial charge in [0.25, 0.3) is 5.91 Å². The number of H-pyrrole nitrogens is 1. The van der Waals surface area contributed by atoms with Gasteiger partial charge in [0.15, 0.2) is 0 Å². The first-order chi connectivity index (χ1) is 13.1. The molecule has 136 valence electrons. The number of carbonyl (C=O) groups excluding carboxylic acids is 1. The van der Waals surface area contributed by atoms with Crippen molar-refractivity contribution in [1.82, 2.24) is 29.8 Å². The van der Waals surface area contributed by atoms with Gasteiger partial charge in [-0.15, -0.1) is 0 Å². The maximum absolute atomic E-state index is 12.8. The summed E-state index contributed by atoms with van der Waals surface area (Å²) in [4.78, 5) is 28.8. The van der Waals surface area contributed by atoms with E-state index in [0.717, 1.165) is 33.5 Å². The van der Waals surface area contributed by atoms with E-state index in [2.05, 4.69) is 25.3 Å². The molecular weight excluding hydrogens is 340 g/mol. The van der Waals surface area contributed by atoms with Gasteiger partial charge in [-0.3, -0.25) is 9.78 Å². The van der Waals surface area contributed by atoms with Crippen molar-refractivity contribution < 1.29 is 4.79 Å². The Bertz CT molecular complexity index is 1080. The fourth-order valence-electron chi connectivity index (χ4n) is 3.02. The fourth-order valence-corrected chi connectivity index (χ4v) is 3.02. The second-order valence-electron chi connectivity index (χ2n) is 6.49. The minimum Gasteiger partial charge on any atom is -0.350 e. The van der Waals surface area contributed by atoms with Crippen LogP contribution in [0.1, 0.15) is 21.9 Å². The zero-order valence-corrected chi connectivity index (χ0v) is 15.2. The molecule has 0 bridgehead atoms. The van der Waals surface area contributed by atoms with E-state index in [4.69, 9.17) is 0 Å². The lowest BCUT2D eigenvalue weighted by molar-refractivity contribution is 0.0951. The molecule has 0 saturated carbocycles. The van der Waals surface area contributed by atoms with Gasteiger partial charge in [0.05, 0.1) is 17.5 Å². The second kappa shape index (κ2) is 7.03. The lowest BCUT2D eigenvalue weighted by Crippen LogP contribution is -2.27. The average Bonchev–Trinajstić information content (AvgIpc) is 3.32. The number of fused-ring (bicyclic) bond motifs is 1. The summed E-state index contributed by atoms with van der Waals surface area (Å²) >= 11 is 0. The Hall–Kier alpha value is -3.48. The number of nitrogens with zero attached hydrogens (tertiary/aromatic N) is 4. The summed E-state index contributed by atoms with van der Waals surface area (Å²) in [6.45, 7) is 2.45. The van der Waals surface area contributed by atoms with E-state index in [0.29, 0.717) is 18.7 Å². The lowest BCUT2D eigenvalue weighted by atomic mass is 10.1. The smallest absolute Gasteiger partial charge is 0.270 e. The SMILES string of the molecule is Cc1ccc(-c2cc3c(ccn3C)c(C(=O)NCCc3cnc[nH]3)n2)cn1. The number of hydrogen-bond donors (Lipinski definition) is 2. The normalized spacial score (nSPS) is 11.0. The van der Waals surface area contributed by atoms with E-state index in [1.807, 2.05) is 49.0 Å². The van der Waals surface area contributed by atoms with Gasteiger partial charge >= 0.3 is 0 Å². The molecule has 4 rings (SSSR count). The number of aromatic amines is 1. The van der Waals surface area contributed by atoms with Crippen molar-refractivity contribution in [3.05, 3.63) is 66.3 Å². The molecular formula is C20H20N6O. The van der Waals surface area contributed by atoms with Crippen LogP contribution < -0.4 is 5.32 Å². The molecule has 0 aliphatic rings. The number of aryl methyl sites for hydroxylation is 2. The minimum atomic E-state index is -0.187. The number of carbonyl (C=O) groups is 1. The lowest BCUT2D eigenvalue weighted by Gasteiger charge is -2.09. The molecule has 7 nitrogen and oxygen atoms in total. The molecule has 0 spiro atoms. The van der Waals surface area contributed by atoms with E-state index in [1.165, 1.54) is 0 Å². The van der Waals surface area contributed by atoms with Crippen molar-refractivity contribution in [1.29, 1.82) is 0 Å². The third-order valence-electron chi connectivity index (χ3n) is 4.54. The van der Waals surface area contributed by atoms with Gasteiger partial charge in [0, 0.05) is 60.9 Å². The van der Waals surface area contributed by atoms with E-state index in [9.17, 15) is 4.79 Å². The zero-order chi connectivity index (χ0) is 18.8. The van der Waals surface area contributed by atoms with Crippen molar-refractivity contribution in [2.24, 2.45) is 7.05 Å². The molecule has 1 amide bonds. The zero-order valence-electron chi connectivity index (χ0n) is 15.2. The highest BCUT2D eigenvalue weighted by Gasteiger charge is 2.16. The fraction of sp³-hybridized carbons (Fsp3) is 0.200. The number of nitrogens with one attached hydrogen (secondary N) is 2. The van der Waals surface area contributed by atoms with Crippen LogP contribution in [-0.4, -0.2) is 37.0 Å². The monoisotopic (exact) mass is 360 g/mol. The molecule has 7 heteroatoms. The molecule has 0 unspecified atom stereocenters. The first-order valence-corrected chi connectivity index (χ1v) is 8.76. The molecule has 4 aromatic heterocycles. The molecule has 0 radical (unpaired) electrons. The quantitative estimate of drug-likeness (QED) is 0.573. The summed E-state index contributed by atoms with van der Waals surface area (Å²) < 4.78 is 1.99. The molecule has 4 heterocycles. The van der Waals surface area contributed by atoms with E-state index in [-0.39, 0.29) is 5.91 Å². The van der Waals surface area contributed by atoms with Crippen LogP contribution in [0.3, 0.4) is 0 Å². The number of rotatable bonds is 5. The third-order valence-corrected chi connectivity index (χ3v) is 4.54. The highest BCUT2D eigenvalue weighted by molar-refractivity contribution is 6.05. The predicted molar refractivity (Wildman–Crippen MR) is 103 cm³/mol. The molecule has 0 aliphatic heterocycles. The Morgan fingerprint density at radius 1 is 1.26 bits per heavy atom. The van der Waals surface area contributed by atoms with Crippen molar-refractivity contribution in [2.75, 3.05) is 6.54 Å². The summed E-state index contributed by atoms with van der Waals surface area (Å²) in [7, 11) is 1.96. The van der Waals surface area contributed by atoms with Crippen LogP contribution >= 0.6 is 0 Å². The number of amides is 1.